The summed E-state index contributed by atoms with van der Waals surface area (Å²) in [5.41, 5.74) is 8.75. The normalized spacial score (nSPS) is 15.1. The zero-order valence-electron chi connectivity index (χ0n) is 18.2. The Kier molecular flexibility index (Phi) is 13.2. The first kappa shape index (κ1) is 27.4. The molecule has 7 heteroatoms. The number of hydrogen-bond acceptors (Lipinski definition) is 3. The highest BCUT2D eigenvalue weighted by Gasteiger charge is 2.26. The van der Waals surface area contributed by atoms with E-state index >= 15 is 0 Å². The van der Waals surface area contributed by atoms with Gasteiger partial charge in [-0.3, -0.25) is 4.99 Å². The van der Waals surface area contributed by atoms with Gasteiger partial charge in [-0.25, -0.2) is 4.39 Å². The first-order valence-electron chi connectivity index (χ1n) is 9.79. The van der Waals surface area contributed by atoms with Gasteiger partial charge in [0.1, 0.15) is 6.54 Å². The second kappa shape index (κ2) is 14.4. The van der Waals surface area contributed by atoms with Crippen LogP contribution in [0, 0.1) is 0 Å². The van der Waals surface area contributed by atoms with Crippen molar-refractivity contribution in [1.82, 2.24) is 5.32 Å². The monoisotopic (exact) mass is 427 g/mol. The van der Waals surface area contributed by atoms with E-state index in [-0.39, 0.29) is 11.5 Å². The number of nitrogens with zero attached hydrogens (tertiary/aromatic N) is 1. The molecule has 0 amide bonds. The Balaban J connectivity index is 4.94. The molecule has 0 aromatic rings. The molecular formula is C23H33F4N3. The Labute approximate surface area is 177 Å². The number of hydrogen-bond donors (Lipinski definition) is 2. The average Bonchev–Trinajstić information content (AvgIpc) is 2.65. The average molecular weight is 428 g/mol. The van der Waals surface area contributed by atoms with Gasteiger partial charge in [-0.05, 0) is 63.8 Å². The minimum absolute atomic E-state index is 0.145. The molecule has 0 unspecified atom stereocenters. The fraction of sp³-hybridized carbons (Fsp3) is 0.435. The van der Waals surface area contributed by atoms with Crippen LogP contribution in [0.2, 0.25) is 0 Å². The van der Waals surface area contributed by atoms with Crippen molar-refractivity contribution < 1.29 is 17.6 Å². The van der Waals surface area contributed by atoms with Gasteiger partial charge < -0.3 is 11.1 Å². The Morgan fingerprint density at radius 3 is 2.37 bits per heavy atom. The maximum absolute atomic E-state index is 13.2. The number of nitrogens with two attached hydrogens (primary N) is 1. The van der Waals surface area contributed by atoms with Crippen molar-refractivity contribution in [1.29, 1.82) is 0 Å². The van der Waals surface area contributed by atoms with E-state index in [0.29, 0.717) is 29.8 Å². The predicted octanol–water partition coefficient (Wildman–Crippen LogP) is 6.45. The molecular weight excluding hydrogens is 394 g/mol. The van der Waals surface area contributed by atoms with Gasteiger partial charge in [-0.1, -0.05) is 36.8 Å². The minimum Gasteiger partial charge on any atom is -0.398 e. The molecule has 0 aromatic heterocycles. The largest absolute Gasteiger partial charge is 0.405 e. The summed E-state index contributed by atoms with van der Waals surface area (Å²) in [6, 6.07) is 0. The molecule has 0 spiro atoms. The van der Waals surface area contributed by atoms with E-state index < -0.39 is 12.7 Å². The smallest absolute Gasteiger partial charge is 0.398 e. The standard InChI is InChI=1S/C23H33F4N3/c1-6-20(24)13-18(4)9-7-8-12-29-15-19(5)22(28)14-21(11-10-17(2)3)30-16-23(25,26)27/h9-11,13-15,30H,2,6-8,12,16,28H2,1,3-5H3/b11-10+,18-9-,20-13+,21-14-,22-19?,29-15?. The van der Waals surface area contributed by atoms with Crippen LogP contribution in [0.15, 0.2) is 75.9 Å². The van der Waals surface area contributed by atoms with Crippen LogP contribution in [0.4, 0.5) is 17.6 Å². The van der Waals surface area contributed by atoms with E-state index in [1.807, 2.05) is 13.0 Å². The van der Waals surface area contributed by atoms with Crippen molar-refractivity contribution in [2.45, 2.75) is 53.1 Å². The quantitative estimate of drug-likeness (QED) is 0.163. The fourth-order valence-corrected chi connectivity index (χ4v) is 2.07. The molecule has 0 saturated carbocycles. The van der Waals surface area contributed by atoms with Crippen LogP contribution >= 0.6 is 0 Å². The lowest BCUT2D eigenvalue weighted by Gasteiger charge is -2.11. The molecule has 0 radical (unpaired) electrons. The summed E-state index contributed by atoms with van der Waals surface area (Å²) in [7, 11) is 0. The molecule has 168 valence electrons. The molecule has 0 aliphatic carbocycles. The van der Waals surface area contributed by atoms with Crippen LogP contribution < -0.4 is 11.1 Å². The molecule has 0 aromatic carbocycles. The van der Waals surface area contributed by atoms with Crippen molar-refractivity contribution in [2.75, 3.05) is 13.1 Å². The van der Waals surface area contributed by atoms with Crippen LogP contribution in [0.5, 0.6) is 0 Å². The maximum atomic E-state index is 13.2. The minimum atomic E-state index is -4.34. The molecule has 0 bridgehead atoms. The van der Waals surface area contributed by atoms with Crippen molar-refractivity contribution >= 4 is 6.21 Å². The summed E-state index contributed by atoms with van der Waals surface area (Å²) in [6.45, 7) is 10.2. The Morgan fingerprint density at radius 1 is 1.13 bits per heavy atom. The SMILES string of the molecule is C=C(C)/C=C/C(=C/C(N)=C(C)C=NCCC/C=C(C)\C=C(\F)CC)NCC(F)(F)F. The van der Waals surface area contributed by atoms with E-state index in [1.165, 1.54) is 18.2 Å². The van der Waals surface area contributed by atoms with Gasteiger partial charge in [0, 0.05) is 24.2 Å². The van der Waals surface area contributed by atoms with Gasteiger partial charge in [-0.15, -0.1) is 0 Å². The summed E-state index contributed by atoms with van der Waals surface area (Å²) in [5.74, 6) is -0.145. The highest BCUT2D eigenvalue weighted by molar-refractivity contribution is 5.79. The number of alkyl halides is 3. The third-order valence-electron chi connectivity index (χ3n) is 3.77. The zero-order valence-corrected chi connectivity index (χ0v) is 18.2. The molecule has 3 N–H and O–H groups in total. The summed E-state index contributed by atoms with van der Waals surface area (Å²) >= 11 is 0. The van der Waals surface area contributed by atoms with Crippen molar-refractivity contribution in [3.8, 4) is 0 Å². The lowest BCUT2D eigenvalue weighted by Crippen LogP contribution is -2.28. The number of allylic oxidation sites excluding steroid dienone is 9. The molecule has 0 saturated heterocycles. The molecule has 0 rings (SSSR count). The second-order valence-electron chi connectivity index (χ2n) is 6.96. The molecule has 0 fully saturated rings. The summed E-state index contributed by atoms with van der Waals surface area (Å²) < 4.78 is 50.6. The Morgan fingerprint density at radius 2 is 1.80 bits per heavy atom. The maximum Gasteiger partial charge on any atom is 0.405 e. The fourth-order valence-electron chi connectivity index (χ4n) is 2.07. The summed E-state index contributed by atoms with van der Waals surface area (Å²) in [4.78, 5) is 4.29. The highest BCUT2D eigenvalue weighted by atomic mass is 19.4. The summed E-state index contributed by atoms with van der Waals surface area (Å²) in [6.07, 6.45) is 7.22. The van der Waals surface area contributed by atoms with Gasteiger partial charge in [0.15, 0.2) is 0 Å². The predicted molar refractivity (Wildman–Crippen MR) is 119 cm³/mol. The molecule has 30 heavy (non-hydrogen) atoms. The number of unbranched alkanes of at least 4 members (excludes halogenated alkanes) is 1. The van der Waals surface area contributed by atoms with E-state index in [9.17, 15) is 17.6 Å². The van der Waals surface area contributed by atoms with Crippen molar-refractivity contribution in [2.24, 2.45) is 10.7 Å². The topological polar surface area (TPSA) is 50.4 Å². The van der Waals surface area contributed by atoms with Crippen LogP contribution in [-0.2, 0) is 0 Å². The van der Waals surface area contributed by atoms with Gasteiger partial charge in [0.2, 0.25) is 0 Å². The van der Waals surface area contributed by atoms with Gasteiger partial charge in [-0.2, -0.15) is 13.2 Å². The second-order valence-corrected chi connectivity index (χ2v) is 6.96. The molecule has 0 atom stereocenters. The summed E-state index contributed by atoms with van der Waals surface area (Å²) in [5, 5.41) is 2.32. The number of nitrogens with one attached hydrogen (secondary N) is 1. The third-order valence-corrected chi connectivity index (χ3v) is 3.77. The van der Waals surface area contributed by atoms with E-state index in [1.54, 1.807) is 33.1 Å². The van der Waals surface area contributed by atoms with Gasteiger partial charge in [0.05, 0.1) is 5.83 Å². The van der Waals surface area contributed by atoms with E-state index in [0.717, 1.165) is 18.4 Å². The zero-order chi connectivity index (χ0) is 23.2. The number of halogens is 4. The third kappa shape index (κ3) is 15.4. The number of aliphatic imine (C=N–C) groups is 1. The number of rotatable bonds is 12. The van der Waals surface area contributed by atoms with Gasteiger partial charge >= 0.3 is 6.18 Å². The van der Waals surface area contributed by atoms with Crippen LogP contribution in [0.1, 0.15) is 47.0 Å². The van der Waals surface area contributed by atoms with E-state index in [2.05, 4.69) is 16.9 Å². The van der Waals surface area contributed by atoms with Crippen molar-refractivity contribution in [3.05, 3.63) is 70.9 Å². The molecule has 3 nitrogen and oxygen atoms in total. The first-order valence-corrected chi connectivity index (χ1v) is 9.79. The van der Waals surface area contributed by atoms with Crippen LogP contribution in [0.25, 0.3) is 0 Å². The Hall–Kier alpha value is -2.57. The lowest BCUT2D eigenvalue weighted by molar-refractivity contribution is -0.123. The van der Waals surface area contributed by atoms with E-state index in [4.69, 9.17) is 5.73 Å². The van der Waals surface area contributed by atoms with Gasteiger partial charge in [0.25, 0.3) is 0 Å². The first-order chi connectivity index (χ1) is 13.9. The van der Waals surface area contributed by atoms with Crippen molar-refractivity contribution in [3.63, 3.8) is 0 Å². The highest BCUT2D eigenvalue weighted by Crippen LogP contribution is 2.14. The molecule has 0 heterocycles. The van der Waals surface area contributed by atoms with Crippen LogP contribution in [0.3, 0.4) is 0 Å². The lowest BCUT2D eigenvalue weighted by atomic mass is 10.2. The molecule has 0 aliphatic rings. The Bertz CT molecular complexity index is 736. The van der Waals surface area contributed by atoms with Crippen LogP contribution in [-0.4, -0.2) is 25.5 Å². The molecule has 0 aliphatic heterocycles.